The normalized spacial score (nSPS) is 19.8. The van der Waals surface area contributed by atoms with Gasteiger partial charge >= 0.3 is 6.03 Å². The Morgan fingerprint density at radius 1 is 1.30 bits per heavy atom. The van der Waals surface area contributed by atoms with Gasteiger partial charge < -0.3 is 24.3 Å². The summed E-state index contributed by atoms with van der Waals surface area (Å²) in [6.07, 6.45) is 1.70. The van der Waals surface area contributed by atoms with Crippen LogP contribution in [0.5, 0.6) is 0 Å². The van der Waals surface area contributed by atoms with Gasteiger partial charge in [-0.25, -0.2) is 9.18 Å². The molecular formula is C20H26FN3O3. The van der Waals surface area contributed by atoms with E-state index in [4.69, 9.17) is 9.15 Å². The molecule has 1 fully saturated rings. The average molecular weight is 375 g/mol. The number of hydrogen-bond acceptors (Lipinski definition) is 4. The van der Waals surface area contributed by atoms with E-state index in [0.29, 0.717) is 36.6 Å². The van der Waals surface area contributed by atoms with Crippen LogP contribution in [-0.2, 0) is 17.8 Å². The quantitative estimate of drug-likeness (QED) is 0.871. The van der Waals surface area contributed by atoms with Crippen LogP contribution in [-0.4, -0.2) is 43.3 Å². The second-order valence-electron chi connectivity index (χ2n) is 7.04. The van der Waals surface area contributed by atoms with Crippen LogP contribution in [0.3, 0.4) is 0 Å². The van der Waals surface area contributed by atoms with E-state index in [1.165, 1.54) is 11.0 Å². The van der Waals surface area contributed by atoms with Gasteiger partial charge in [-0.2, -0.15) is 0 Å². The lowest BCUT2D eigenvalue weighted by atomic mass is 10.1. The van der Waals surface area contributed by atoms with E-state index in [9.17, 15) is 9.18 Å². The van der Waals surface area contributed by atoms with Gasteiger partial charge in [0.2, 0.25) is 0 Å². The first-order valence-electron chi connectivity index (χ1n) is 9.12. The molecule has 1 saturated heterocycles. The number of carbonyl (C=O) groups is 1. The van der Waals surface area contributed by atoms with Gasteiger partial charge in [0.1, 0.15) is 11.6 Å². The van der Waals surface area contributed by atoms with E-state index in [0.717, 1.165) is 0 Å². The predicted octanol–water partition coefficient (Wildman–Crippen LogP) is 3.37. The van der Waals surface area contributed by atoms with Crippen molar-refractivity contribution in [2.75, 3.05) is 25.0 Å². The molecule has 1 N–H and O–H groups in total. The van der Waals surface area contributed by atoms with E-state index in [1.54, 1.807) is 25.4 Å². The molecule has 2 atom stereocenters. The highest BCUT2D eigenvalue weighted by Crippen LogP contribution is 2.24. The number of carbonyl (C=O) groups excluding carboxylic acids is 1. The molecule has 0 aliphatic carbocycles. The maximum Gasteiger partial charge on any atom is 0.317 e. The molecule has 3 rings (SSSR count). The van der Waals surface area contributed by atoms with Gasteiger partial charge in [0.15, 0.2) is 0 Å². The summed E-state index contributed by atoms with van der Waals surface area (Å²) in [6, 6.07) is 8.44. The summed E-state index contributed by atoms with van der Waals surface area (Å²) >= 11 is 0. The van der Waals surface area contributed by atoms with Crippen LogP contribution in [0.2, 0.25) is 0 Å². The van der Waals surface area contributed by atoms with Crippen molar-refractivity contribution < 1.29 is 18.3 Å². The molecule has 1 aromatic heterocycles. The topological polar surface area (TPSA) is 58.0 Å². The molecule has 146 valence electrons. The molecule has 1 aliphatic heterocycles. The Morgan fingerprint density at radius 2 is 2.04 bits per heavy atom. The molecule has 0 saturated carbocycles. The van der Waals surface area contributed by atoms with E-state index in [-0.39, 0.29) is 30.6 Å². The van der Waals surface area contributed by atoms with Crippen LogP contribution < -0.4 is 10.2 Å². The molecule has 6 nitrogen and oxygen atoms in total. The summed E-state index contributed by atoms with van der Waals surface area (Å²) in [5.74, 6) is 0.420. The maximum absolute atomic E-state index is 14.6. The number of hydrogen-bond donors (Lipinski definition) is 1. The minimum absolute atomic E-state index is 0.0665. The van der Waals surface area contributed by atoms with E-state index in [1.807, 2.05) is 30.9 Å². The Balaban J connectivity index is 1.56. The fraction of sp³-hybridized carbons (Fsp3) is 0.450. The molecule has 0 spiro atoms. The van der Waals surface area contributed by atoms with Gasteiger partial charge in [0.25, 0.3) is 0 Å². The van der Waals surface area contributed by atoms with Crippen LogP contribution in [0.1, 0.15) is 25.2 Å². The second-order valence-corrected chi connectivity index (χ2v) is 7.04. The fourth-order valence-corrected chi connectivity index (χ4v) is 3.31. The first kappa shape index (κ1) is 19.2. The van der Waals surface area contributed by atoms with Gasteiger partial charge in [-0.05, 0) is 43.7 Å². The second kappa shape index (κ2) is 8.43. The first-order valence-corrected chi connectivity index (χ1v) is 9.12. The number of anilines is 1. The van der Waals surface area contributed by atoms with Crippen LogP contribution >= 0.6 is 0 Å². The van der Waals surface area contributed by atoms with E-state index >= 15 is 0 Å². The molecule has 0 radical (unpaired) electrons. The number of morpholine rings is 1. The summed E-state index contributed by atoms with van der Waals surface area (Å²) in [6.45, 7) is 5.94. The largest absolute Gasteiger partial charge is 0.467 e. The number of nitrogens with zero attached hydrogens (tertiary/aromatic N) is 2. The molecule has 0 unspecified atom stereocenters. The van der Waals surface area contributed by atoms with Gasteiger partial charge in [0.05, 0.1) is 30.7 Å². The number of urea groups is 1. The molecule has 2 amide bonds. The predicted molar refractivity (Wildman–Crippen MR) is 101 cm³/mol. The fourth-order valence-electron chi connectivity index (χ4n) is 3.31. The van der Waals surface area contributed by atoms with E-state index in [2.05, 4.69) is 5.32 Å². The van der Waals surface area contributed by atoms with E-state index < -0.39 is 0 Å². The zero-order valence-electron chi connectivity index (χ0n) is 15.9. The Hall–Kier alpha value is -2.54. The number of amides is 2. The number of benzene rings is 1. The Kier molecular flexibility index (Phi) is 6.01. The van der Waals surface area contributed by atoms with Crippen LogP contribution in [0.4, 0.5) is 14.9 Å². The monoisotopic (exact) mass is 375 g/mol. The molecule has 1 aromatic carbocycles. The SMILES string of the molecule is C[C@@H]1CN(c2ccc(CNC(=O)N(C)Cc3ccco3)cc2F)C[C@H](C)O1. The third-order valence-electron chi connectivity index (χ3n) is 4.54. The molecule has 1 aliphatic rings. The van der Waals surface area contributed by atoms with Gasteiger partial charge in [0, 0.05) is 26.7 Å². The smallest absolute Gasteiger partial charge is 0.317 e. The highest BCUT2D eigenvalue weighted by Gasteiger charge is 2.24. The molecule has 7 heteroatoms. The third-order valence-corrected chi connectivity index (χ3v) is 4.54. The number of furan rings is 1. The maximum atomic E-state index is 14.6. The zero-order chi connectivity index (χ0) is 19.4. The van der Waals surface area contributed by atoms with Crippen molar-refractivity contribution >= 4 is 11.7 Å². The van der Waals surface area contributed by atoms with Gasteiger partial charge in [-0.3, -0.25) is 0 Å². The molecular weight excluding hydrogens is 349 g/mol. The van der Waals surface area contributed by atoms with Crippen molar-refractivity contribution in [2.45, 2.75) is 39.1 Å². The molecule has 0 bridgehead atoms. The van der Waals surface area contributed by atoms with Crippen molar-refractivity contribution in [3.63, 3.8) is 0 Å². The summed E-state index contributed by atoms with van der Waals surface area (Å²) in [7, 11) is 1.68. The Morgan fingerprint density at radius 3 is 2.67 bits per heavy atom. The number of halogens is 1. The minimum atomic E-state index is -0.285. The molecule has 2 aromatic rings. The van der Waals surface area contributed by atoms with Crippen LogP contribution in [0.15, 0.2) is 41.0 Å². The summed E-state index contributed by atoms with van der Waals surface area (Å²) < 4.78 is 25.5. The number of rotatable bonds is 5. The number of nitrogens with one attached hydrogen (secondary N) is 1. The summed E-state index contributed by atoms with van der Waals surface area (Å²) in [4.78, 5) is 15.7. The standard InChI is InChI=1S/C20H26FN3O3/c1-14-11-24(12-15(2)27-14)19-7-6-16(9-18(19)21)10-22-20(25)23(3)13-17-5-4-8-26-17/h4-9,14-15H,10-13H2,1-3H3,(H,22,25)/t14-,15+. The zero-order valence-corrected chi connectivity index (χ0v) is 15.9. The van der Waals surface area contributed by atoms with Crippen LogP contribution in [0, 0.1) is 5.82 Å². The minimum Gasteiger partial charge on any atom is -0.467 e. The summed E-state index contributed by atoms with van der Waals surface area (Å²) in [5.41, 5.74) is 1.28. The Bertz CT molecular complexity index is 756. The Labute approximate surface area is 158 Å². The number of ether oxygens (including phenoxy) is 1. The highest BCUT2D eigenvalue weighted by atomic mass is 19.1. The lowest BCUT2D eigenvalue weighted by Crippen LogP contribution is -2.45. The van der Waals surface area contributed by atoms with Crippen molar-refractivity contribution in [3.8, 4) is 0 Å². The third kappa shape index (κ3) is 5.01. The first-order chi connectivity index (χ1) is 12.9. The average Bonchev–Trinajstić information content (AvgIpc) is 3.11. The lowest BCUT2D eigenvalue weighted by molar-refractivity contribution is -0.00539. The molecule has 2 heterocycles. The van der Waals surface area contributed by atoms with Crippen molar-refractivity contribution in [1.82, 2.24) is 10.2 Å². The highest BCUT2D eigenvalue weighted by molar-refractivity contribution is 5.73. The lowest BCUT2D eigenvalue weighted by Gasteiger charge is -2.37. The molecule has 27 heavy (non-hydrogen) atoms. The van der Waals surface area contributed by atoms with Gasteiger partial charge in [-0.1, -0.05) is 6.07 Å². The van der Waals surface area contributed by atoms with Crippen molar-refractivity contribution in [3.05, 3.63) is 53.7 Å². The van der Waals surface area contributed by atoms with Crippen molar-refractivity contribution in [2.24, 2.45) is 0 Å². The summed E-state index contributed by atoms with van der Waals surface area (Å²) in [5, 5.41) is 2.80. The van der Waals surface area contributed by atoms with Crippen molar-refractivity contribution in [1.29, 1.82) is 0 Å². The van der Waals surface area contributed by atoms with Crippen LogP contribution in [0.25, 0.3) is 0 Å². The van der Waals surface area contributed by atoms with Gasteiger partial charge in [-0.15, -0.1) is 0 Å².